The van der Waals surface area contributed by atoms with Crippen molar-refractivity contribution in [1.82, 2.24) is 5.32 Å². The molecule has 0 saturated carbocycles. The van der Waals surface area contributed by atoms with E-state index in [0.29, 0.717) is 25.1 Å². The maximum absolute atomic E-state index is 13.4. The van der Waals surface area contributed by atoms with E-state index in [0.717, 1.165) is 0 Å². The Hall–Kier alpha value is -1.46. The van der Waals surface area contributed by atoms with Crippen LogP contribution < -0.4 is 5.32 Å². The minimum absolute atomic E-state index is 0.382. The zero-order valence-electron chi connectivity index (χ0n) is 11.5. The van der Waals surface area contributed by atoms with E-state index in [2.05, 4.69) is 5.32 Å². The summed E-state index contributed by atoms with van der Waals surface area (Å²) in [6.45, 7) is 2.77. The fraction of sp³-hybridized carbons (Fsp3) is 0.500. The van der Waals surface area contributed by atoms with Gasteiger partial charge in [-0.3, -0.25) is 5.32 Å². The number of esters is 1. The van der Waals surface area contributed by atoms with Gasteiger partial charge in [0, 0.05) is 13.7 Å². The molecule has 5 heteroatoms. The molecule has 0 aliphatic rings. The Kier molecular flexibility index (Phi) is 5.92. The van der Waals surface area contributed by atoms with Crippen molar-refractivity contribution in [1.29, 1.82) is 0 Å². The lowest BCUT2D eigenvalue weighted by atomic mass is 9.87. The first-order valence-corrected chi connectivity index (χ1v) is 6.19. The molecule has 4 nitrogen and oxygen atoms in total. The summed E-state index contributed by atoms with van der Waals surface area (Å²) >= 11 is 0. The van der Waals surface area contributed by atoms with Crippen LogP contribution in [0.1, 0.15) is 18.9 Å². The summed E-state index contributed by atoms with van der Waals surface area (Å²) in [5.41, 5.74) is -0.493. The third kappa shape index (κ3) is 3.52. The molecule has 1 unspecified atom stereocenters. The van der Waals surface area contributed by atoms with E-state index in [1.54, 1.807) is 19.2 Å². The first-order valence-electron chi connectivity index (χ1n) is 6.19. The van der Waals surface area contributed by atoms with Crippen LogP contribution >= 0.6 is 0 Å². The number of hydrogen-bond acceptors (Lipinski definition) is 4. The maximum Gasteiger partial charge on any atom is 0.330 e. The van der Waals surface area contributed by atoms with Gasteiger partial charge in [-0.05, 0) is 24.1 Å². The molecule has 1 aromatic carbocycles. The monoisotopic (exact) mass is 269 g/mol. The highest BCUT2D eigenvalue weighted by atomic mass is 19.1. The molecule has 0 aromatic heterocycles. The van der Waals surface area contributed by atoms with Crippen molar-refractivity contribution >= 4 is 5.97 Å². The fourth-order valence-corrected chi connectivity index (χ4v) is 2.06. The van der Waals surface area contributed by atoms with Gasteiger partial charge in [-0.15, -0.1) is 0 Å². The molecule has 0 spiro atoms. The minimum atomic E-state index is -1.05. The third-order valence-corrected chi connectivity index (χ3v) is 3.11. The number of ether oxygens (including phenoxy) is 2. The van der Waals surface area contributed by atoms with Gasteiger partial charge in [0.2, 0.25) is 0 Å². The third-order valence-electron chi connectivity index (χ3n) is 3.11. The molecule has 19 heavy (non-hydrogen) atoms. The van der Waals surface area contributed by atoms with Crippen molar-refractivity contribution in [3.63, 3.8) is 0 Å². The Bertz CT molecular complexity index is 425. The van der Waals surface area contributed by atoms with Crippen LogP contribution in [0.4, 0.5) is 4.39 Å². The number of nitrogens with one attached hydrogen (secondary N) is 1. The fourth-order valence-electron chi connectivity index (χ4n) is 2.06. The molecule has 0 saturated heterocycles. The number of halogens is 1. The molecular formula is C14H20FNO3. The van der Waals surface area contributed by atoms with Crippen LogP contribution in [-0.2, 0) is 19.8 Å². The normalized spacial score (nSPS) is 13.9. The van der Waals surface area contributed by atoms with E-state index in [1.165, 1.54) is 19.2 Å². The van der Waals surface area contributed by atoms with Gasteiger partial charge in [0.05, 0.1) is 13.7 Å². The molecule has 0 heterocycles. The van der Waals surface area contributed by atoms with Crippen molar-refractivity contribution in [2.45, 2.75) is 18.9 Å². The Morgan fingerprint density at radius 1 is 1.42 bits per heavy atom. The quantitative estimate of drug-likeness (QED) is 0.606. The second-order valence-corrected chi connectivity index (χ2v) is 4.18. The van der Waals surface area contributed by atoms with Gasteiger partial charge in [0.15, 0.2) is 0 Å². The van der Waals surface area contributed by atoms with Crippen molar-refractivity contribution in [3.05, 3.63) is 35.6 Å². The molecule has 1 rings (SSSR count). The first kappa shape index (κ1) is 15.6. The first-order chi connectivity index (χ1) is 9.10. The Morgan fingerprint density at radius 2 is 2.16 bits per heavy atom. The molecular weight excluding hydrogens is 249 g/mol. The van der Waals surface area contributed by atoms with E-state index >= 15 is 0 Å². The summed E-state index contributed by atoms with van der Waals surface area (Å²) in [5, 5.41) is 3.11. The van der Waals surface area contributed by atoms with Crippen molar-refractivity contribution in [2.24, 2.45) is 0 Å². The highest BCUT2D eigenvalue weighted by molar-refractivity contribution is 5.82. The van der Waals surface area contributed by atoms with Crippen LogP contribution in [0, 0.1) is 5.82 Å². The maximum atomic E-state index is 13.4. The molecule has 0 amide bonds. The topological polar surface area (TPSA) is 47.6 Å². The second-order valence-electron chi connectivity index (χ2n) is 4.18. The lowest BCUT2D eigenvalue weighted by molar-refractivity contribution is -0.149. The SMILES string of the molecule is CCC(NCCOC)(C(=O)OC)c1cccc(F)c1. The Balaban J connectivity index is 3.12. The molecule has 0 aliphatic heterocycles. The zero-order chi connectivity index (χ0) is 14.3. The lowest BCUT2D eigenvalue weighted by Gasteiger charge is -2.31. The molecule has 1 aromatic rings. The number of benzene rings is 1. The average molecular weight is 269 g/mol. The molecule has 0 fully saturated rings. The lowest BCUT2D eigenvalue weighted by Crippen LogP contribution is -2.50. The average Bonchev–Trinajstić information content (AvgIpc) is 2.43. The molecule has 1 atom stereocenters. The summed E-state index contributed by atoms with van der Waals surface area (Å²) in [7, 11) is 2.90. The van der Waals surface area contributed by atoms with E-state index in [-0.39, 0.29) is 5.82 Å². The van der Waals surface area contributed by atoms with E-state index < -0.39 is 11.5 Å². The Morgan fingerprint density at radius 3 is 2.68 bits per heavy atom. The predicted octanol–water partition coefficient (Wildman–Crippen LogP) is 1.84. The summed E-state index contributed by atoms with van der Waals surface area (Å²) in [4.78, 5) is 12.1. The summed E-state index contributed by atoms with van der Waals surface area (Å²) in [6.07, 6.45) is 0.451. The van der Waals surface area contributed by atoms with Crippen LogP contribution in [0.3, 0.4) is 0 Å². The molecule has 0 radical (unpaired) electrons. The van der Waals surface area contributed by atoms with Crippen LogP contribution in [0.2, 0.25) is 0 Å². The van der Waals surface area contributed by atoms with E-state index in [4.69, 9.17) is 9.47 Å². The molecule has 1 N–H and O–H groups in total. The van der Waals surface area contributed by atoms with Gasteiger partial charge in [-0.25, -0.2) is 9.18 Å². The Labute approximate surface area is 112 Å². The van der Waals surface area contributed by atoms with Crippen LogP contribution in [0.15, 0.2) is 24.3 Å². The largest absolute Gasteiger partial charge is 0.467 e. The summed E-state index contributed by atoms with van der Waals surface area (Å²) in [6, 6.07) is 5.98. The van der Waals surface area contributed by atoms with Crippen molar-refractivity contribution in [2.75, 3.05) is 27.4 Å². The van der Waals surface area contributed by atoms with Gasteiger partial charge in [-0.2, -0.15) is 0 Å². The highest BCUT2D eigenvalue weighted by Crippen LogP contribution is 2.27. The number of carbonyl (C=O) groups is 1. The summed E-state index contributed by atoms with van der Waals surface area (Å²) in [5.74, 6) is -0.815. The number of hydrogen-bond donors (Lipinski definition) is 1. The number of methoxy groups -OCH3 is 2. The summed E-state index contributed by atoms with van der Waals surface area (Å²) < 4.78 is 23.2. The van der Waals surface area contributed by atoms with Crippen LogP contribution in [0.5, 0.6) is 0 Å². The smallest absolute Gasteiger partial charge is 0.330 e. The minimum Gasteiger partial charge on any atom is -0.467 e. The van der Waals surface area contributed by atoms with Gasteiger partial charge in [0.25, 0.3) is 0 Å². The molecule has 106 valence electrons. The van der Waals surface area contributed by atoms with E-state index in [1.807, 2.05) is 6.92 Å². The van der Waals surface area contributed by atoms with Crippen molar-refractivity contribution < 1.29 is 18.7 Å². The molecule has 0 bridgehead atoms. The number of carbonyl (C=O) groups excluding carboxylic acids is 1. The highest BCUT2D eigenvalue weighted by Gasteiger charge is 2.39. The zero-order valence-corrected chi connectivity index (χ0v) is 11.5. The van der Waals surface area contributed by atoms with Gasteiger partial charge in [-0.1, -0.05) is 19.1 Å². The number of rotatable bonds is 7. The van der Waals surface area contributed by atoms with Crippen LogP contribution in [-0.4, -0.2) is 33.3 Å². The predicted molar refractivity (Wildman–Crippen MR) is 70.3 cm³/mol. The van der Waals surface area contributed by atoms with Crippen molar-refractivity contribution in [3.8, 4) is 0 Å². The standard InChI is InChI=1S/C14H20FNO3/c1-4-14(13(17)19-3,16-8-9-18-2)11-6-5-7-12(15)10-11/h5-7,10,16H,4,8-9H2,1-3H3. The van der Waals surface area contributed by atoms with E-state index in [9.17, 15) is 9.18 Å². The van der Waals surface area contributed by atoms with Crippen LogP contribution in [0.25, 0.3) is 0 Å². The van der Waals surface area contributed by atoms with Gasteiger partial charge < -0.3 is 9.47 Å². The second kappa shape index (κ2) is 7.21. The molecule has 0 aliphatic carbocycles. The van der Waals surface area contributed by atoms with Gasteiger partial charge >= 0.3 is 5.97 Å². The van der Waals surface area contributed by atoms with Gasteiger partial charge in [0.1, 0.15) is 11.4 Å².